The van der Waals surface area contributed by atoms with E-state index in [9.17, 15) is 9.59 Å². The van der Waals surface area contributed by atoms with Gasteiger partial charge < -0.3 is 18.6 Å². The van der Waals surface area contributed by atoms with Gasteiger partial charge in [0.2, 0.25) is 11.2 Å². The number of rotatable bonds is 7. The van der Waals surface area contributed by atoms with Crippen molar-refractivity contribution in [2.75, 3.05) is 13.7 Å². The fourth-order valence-corrected chi connectivity index (χ4v) is 3.89. The van der Waals surface area contributed by atoms with E-state index in [0.29, 0.717) is 32.5 Å². The summed E-state index contributed by atoms with van der Waals surface area (Å²) in [5.74, 6) is 0.150. The van der Waals surface area contributed by atoms with Crippen molar-refractivity contribution < 1.29 is 23.4 Å². The van der Waals surface area contributed by atoms with Gasteiger partial charge in [0.05, 0.1) is 24.7 Å². The van der Waals surface area contributed by atoms with E-state index in [1.54, 1.807) is 74.7 Å². The Morgan fingerprint density at radius 3 is 2.38 bits per heavy atom. The van der Waals surface area contributed by atoms with Crippen molar-refractivity contribution in [1.29, 1.82) is 0 Å². The fraction of sp³-hybridized carbons (Fsp3) is 0.154. The monoisotopic (exact) mass is 498 g/mol. The fourth-order valence-electron chi connectivity index (χ4n) is 3.42. The number of fused-ring (bicyclic) bond motifs is 1. The van der Waals surface area contributed by atoms with Crippen molar-refractivity contribution in [3.63, 3.8) is 0 Å². The van der Waals surface area contributed by atoms with Gasteiger partial charge >= 0.3 is 5.97 Å². The van der Waals surface area contributed by atoms with Crippen LogP contribution in [0.5, 0.6) is 11.5 Å². The summed E-state index contributed by atoms with van der Waals surface area (Å²) in [6.45, 7) is 1.99. The molecule has 0 aliphatic heterocycles. The lowest BCUT2D eigenvalue weighted by molar-refractivity contribution is 0.0492. The molecule has 4 rings (SSSR count). The molecule has 1 heterocycles. The minimum Gasteiger partial charge on any atom is -0.497 e. The first-order valence-corrected chi connectivity index (χ1v) is 11.2. The van der Waals surface area contributed by atoms with E-state index in [0.717, 1.165) is 5.56 Å². The van der Waals surface area contributed by atoms with Gasteiger partial charge in [-0.05, 0) is 48.9 Å². The Morgan fingerprint density at radius 1 is 0.971 bits per heavy atom. The largest absolute Gasteiger partial charge is 0.497 e. The van der Waals surface area contributed by atoms with Crippen LogP contribution in [0.25, 0.3) is 22.1 Å². The van der Waals surface area contributed by atoms with Crippen LogP contribution in [0.4, 0.5) is 0 Å². The zero-order valence-electron chi connectivity index (χ0n) is 18.4. The molecule has 8 heteroatoms. The van der Waals surface area contributed by atoms with Crippen LogP contribution in [-0.4, -0.2) is 19.7 Å². The van der Waals surface area contributed by atoms with Crippen molar-refractivity contribution in [3.8, 4) is 22.6 Å². The van der Waals surface area contributed by atoms with Gasteiger partial charge in [0.25, 0.3) is 0 Å². The van der Waals surface area contributed by atoms with Gasteiger partial charge in [-0.15, -0.1) is 0 Å². The van der Waals surface area contributed by atoms with Crippen LogP contribution < -0.4 is 14.9 Å². The highest BCUT2D eigenvalue weighted by atomic mass is 35.5. The standard InChI is InChI=1S/C26H20Cl2O6/c1-3-32-26(30)25-23(15-5-8-18(31-2)9-6-15)24(29)20-11-10-19(13-22(20)34-25)33-14-16-4-7-17(27)12-21(16)28/h4-13H,3,14H2,1-2H3. The summed E-state index contributed by atoms with van der Waals surface area (Å²) >= 11 is 12.1. The van der Waals surface area contributed by atoms with Crippen molar-refractivity contribution in [2.45, 2.75) is 13.5 Å². The van der Waals surface area contributed by atoms with Crippen LogP contribution in [0.15, 0.2) is 69.9 Å². The molecule has 0 N–H and O–H groups in total. The molecule has 0 bridgehead atoms. The molecule has 1 aromatic heterocycles. The number of carbonyl (C=O) groups is 1. The highest BCUT2D eigenvalue weighted by molar-refractivity contribution is 6.35. The number of hydrogen-bond donors (Lipinski definition) is 0. The summed E-state index contributed by atoms with van der Waals surface area (Å²) in [6, 6.07) is 16.7. The maximum atomic E-state index is 13.4. The van der Waals surface area contributed by atoms with Crippen molar-refractivity contribution in [3.05, 3.63) is 92.3 Å². The number of esters is 1. The zero-order chi connectivity index (χ0) is 24.2. The molecule has 0 radical (unpaired) electrons. The molecule has 34 heavy (non-hydrogen) atoms. The number of methoxy groups -OCH3 is 1. The van der Waals surface area contributed by atoms with E-state index in [-0.39, 0.29) is 35.5 Å². The average Bonchev–Trinajstić information content (AvgIpc) is 2.83. The molecule has 0 atom stereocenters. The Bertz CT molecular complexity index is 1410. The van der Waals surface area contributed by atoms with E-state index >= 15 is 0 Å². The molecule has 6 nitrogen and oxygen atoms in total. The molecule has 0 amide bonds. The van der Waals surface area contributed by atoms with Crippen LogP contribution in [0, 0.1) is 0 Å². The second-order valence-corrected chi connectivity index (χ2v) is 8.11. The second kappa shape index (κ2) is 10.2. The van der Waals surface area contributed by atoms with Gasteiger partial charge in [0, 0.05) is 21.7 Å². The second-order valence-electron chi connectivity index (χ2n) is 7.27. The zero-order valence-corrected chi connectivity index (χ0v) is 19.9. The molecule has 0 aliphatic carbocycles. The maximum Gasteiger partial charge on any atom is 0.375 e. The maximum absolute atomic E-state index is 13.4. The first-order valence-electron chi connectivity index (χ1n) is 10.4. The summed E-state index contributed by atoms with van der Waals surface area (Å²) in [6.07, 6.45) is 0. The molecular weight excluding hydrogens is 479 g/mol. The van der Waals surface area contributed by atoms with Crippen LogP contribution in [0.1, 0.15) is 23.0 Å². The molecule has 4 aromatic rings. The Hall–Kier alpha value is -3.48. The van der Waals surface area contributed by atoms with Gasteiger partial charge in [-0.1, -0.05) is 41.4 Å². The summed E-state index contributed by atoms with van der Waals surface area (Å²) < 4.78 is 22.1. The molecule has 0 aliphatic rings. The van der Waals surface area contributed by atoms with E-state index in [1.165, 1.54) is 0 Å². The van der Waals surface area contributed by atoms with Crippen LogP contribution in [-0.2, 0) is 11.3 Å². The van der Waals surface area contributed by atoms with Gasteiger partial charge in [-0.3, -0.25) is 4.79 Å². The normalized spacial score (nSPS) is 10.8. The number of halogens is 2. The Morgan fingerprint density at radius 2 is 1.71 bits per heavy atom. The molecule has 0 fully saturated rings. The van der Waals surface area contributed by atoms with E-state index in [4.69, 9.17) is 41.8 Å². The highest BCUT2D eigenvalue weighted by Crippen LogP contribution is 2.29. The minimum atomic E-state index is -0.730. The Labute approximate surface area is 205 Å². The molecule has 0 spiro atoms. The third-order valence-electron chi connectivity index (χ3n) is 5.11. The molecule has 0 unspecified atom stereocenters. The lowest BCUT2D eigenvalue weighted by Gasteiger charge is -2.12. The van der Waals surface area contributed by atoms with Gasteiger partial charge in [-0.25, -0.2) is 4.79 Å². The van der Waals surface area contributed by atoms with Crippen LogP contribution in [0.3, 0.4) is 0 Å². The summed E-state index contributed by atoms with van der Waals surface area (Å²) in [5, 5.41) is 1.31. The number of ether oxygens (including phenoxy) is 3. The number of hydrogen-bond acceptors (Lipinski definition) is 6. The number of carbonyl (C=O) groups excluding carboxylic acids is 1. The number of benzene rings is 3. The van der Waals surface area contributed by atoms with Crippen LogP contribution >= 0.6 is 23.2 Å². The lowest BCUT2D eigenvalue weighted by Crippen LogP contribution is -2.15. The van der Waals surface area contributed by atoms with Gasteiger partial charge in [-0.2, -0.15) is 0 Å². The van der Waals surface area contributed by atoms with Crippen LogP contribution in [0.2, 0.25) is 10.0 Å². The minimum absolute atomic E-state index is 0.121. The van der Waals surface area contributed by atoms with Gasteiger partial charge in [0.1, 0.15) is 23.7 Å². The molecule has 0 saturated carbocycles. The predicted octanol–water partition coefficient (Wildman–Crippen LogP) is 6.53. The van der Waals surface area contributed by atoms with E-state index < -0.39 is 5.97 Å². The highest BCUT2D eigenvalue weighted by Gasteiger charge is 2.23. The predicted molar refractivity (Wildman–Crippen MR) is 131 cm³/mol. The molecule has 0 saturated heterocycles. The van der Waals surface area contributed by atoms with E-state index in [1.807, 2.05) is 0 Å². The molecular formula is C26H20Cl2O6. The third kappa shape index (κ3) is 4.88. The SMILES string of the molecule is CCOC(=O)c1oc2cc(OCc3ccc(Cl)cc3Cl)ccc2c(=O)c1-c1ccc(OC)cc1. The lowest BCUT2D eigenvalue weighted by atomic mass is 10.0. The first-order chi connectivity index (χ1) is 16.4. The summed E-state index contributed by atoms with van der Waals surface area (Å²) in [4.78, 5) is 26.1. The van der Waals surface area contributed by atoms with E-state index in [2.05, 4.69) is 0 Å². The van der Waals surface area contributed by atoms with Crippen molar-refractivity contribution in [2.24, 2.45) is 0 Å². The average molecular weight is 499 g/mol. The van der Waals surface area contributed by atoms with Gasteiger partial charge in [0.15, 0.2) is 0 Å². The quantitative estimate of drug-likeness (QED) is 0.269. The summed E-state index contributed by atoms with van der Waals surface area (Å²) in [7, 11) is 1.55. The van der Waals surface area contributed by atoms with Crippen molar-refractivity contribution >= 4 is 40.1 Å². The van der Waals surface area contributed by atoms with Crippen molar-refractivity contribution in [1.82, 2.24) is 0 Å². The molecule has 3 aromatic carbocycles. The molecule has 174 valence electrons. The Kier molecular flexibility index (Phi) is 7.10. The summed E-state index contributed by atoms with van der Waals surface area (Å²) in [5.41, 5.74) is 1.22. The topological polar surface area (TPSA) is 75.0 Å². The first kappa shape index (κ1) is 23.7. The smallest absolute Gasteiger partial charge is 0.375 e. The third-order valence-corrected chi connectivity index (χ3v) is 5.70. The Balaban J connectivity index is 1.76.